The van der Waals surface area contributed by atoms with E-state index < -0.39 is 0 Å². The standard InChI is InChI=1S/C8H17NO/c1-3-9-8-4-7(5-8)6-10-2/h7-9H,3-6H2,1-2H3. The van der Waals surface area contributed by atoms with E-state index in [0.717, 1.165) is 25.1 Å². The molecule has 1 aliphatic rings. The lowest BCUT2D eigenvalue weighted by molar-refractivity contribution is 0.0892. The summed E-state index contributed by atoms with van der Waals surface area (Å²) in [5.41, 5.74) is 0. The molecule has 0 heterocycles. The summed E-state index contributed by atoms with van der Waals surface area (Å²) >= 11 is 0. The first-order valence-electron chi connectivity index (χ1n) is 4.09. The zero-order valence-electron chi connectivity index (χ0n) is 6.89. The maximum Gasteiger partial charge on any atom is 0.0491 e. The normalized spacial score (nSPS) is 31.8. The Bertz CT molecular complexity index is 79.3. The van der Waals surface area contributed by atoms with Crippen molar-refractivity contribution in [3.05, 3.63) is 0 Å². The molecule has 1 saturated carbocycles. The van der Waals surface area contributed by atoms with Gasteiger partial charge in [0.2, 0.25) is 0 Å². The molecular weight excluding hydrogens is 126 g/mol. The highest BCUT2D eigenvalue weighted by Gasteiger charge is 2.27. The Morgan fingerprint density at radius 1 is 1.50 bits per heavy atom. The molecule has 0 amide bonds. The number of ether oxygens (including phenoxy) is 1. The van der Waals surface area contributed by atoms with E-state index in [0.29, 0.717) is 0 Å². The molecule has 0 aliphatic heterocycles. The minimum Gasteiger partial charge on any atom is -0.384 e. The van der Waals surface area contributed by atoms with Crippen molar-refractivity contribution in [1.29, 1.82) is 0 Å². The molecule has 0 atom stereocenters. The van der Waals surface area contributed by atoms with Gasteiger partial charge in [-0.1, -0.05) is 6.92 Å². The Morgan fingerprint density at radius 2 is 2.20 bits per heavy atom. The SMILES string of the molecule is CCNC1CC(COC)C1. The molecule has 60 valence electrons. The van der Waals surface area contributed by atoms with Crippen LogP contribution in [-0.4, -0.2) is 26.3 Å². The zero-order valence-corrected chi connectivity index (χ0v) is 6.89. The summed E-state index contributed by atoms with van der Waals surface area (Å²) in [4.78, 5) is 0. The van der Waals surface area contributed by atoms with E-state index in [4.69, 9.17) is 4.74 Å². The van der Waals surface area contributed by atoms with E-state index in [2.05, 4.69) is 12.2 Å². The molecule has 0 radical (unpaired) electrons. The predicted octanol–water partition coefficient (Wildman–Crippen LogP) is 1.02. The Balaban J connectivity index is 1.95. The van der Waals surface area contributed by atoms with Crippen LogP contribution < -0.4 is 5.32 Å². The predicted molar refractivity (Wildman–Crippen MR) is 42.1 cm³/mol. The summed E-state index contributed by atoms with van der Waals surface area (Å²) in [5.74, 6) is 0.828. The van der Waals surface area contributed by atoms with Gasteiger partial charge in [0.1, 0.15) is 0 Å². The van der Waals surface area contributed by atoms with Crippen molar-refractivity contribution in [2.45, 2.75) is 25.8 Å². The summed E-state index contributed by atoms with van der Waals surface area (Å²) < 4.78 is 5.04. The van der Waals surface area contributed by atoms with Crippen molar-refractivity contribution in [3.63, 3.8) is 0 Å². The van der Waals surface area contributed by atoms with Gasteiger partial charge in [0.25, 0.3) is 0 Å². The molecule has 1 fully saturated rings. The fourth-order valence-corrected chi connectivity index (χ4v) is 1.56. The van der Waals surface area contributed by atoms with E-state index in [1.165, 1.54) is 12.8 Å². The maximum atomic E-state index is 5.04. The lowest BCUT2D eigenvalue weighted by Crippen LogP contribution is -2.42. The number of rotatable bonds is 4. The summed E-state index contributed by atoms with van der Waals surface area (Å²) in [6.07, 6.45) is 2.61. The van der Waals surface area contributed by atoms with E-state index in [9.17, 15) is 0 Å². The summed E-state index contributed by atoms with van der Waals surface area (Å²) in [6.45, 7) is 4.20. The average Bonchev–Trinajstić information content (AvgIpc) is 1.84. The number of methoxy groups -OCH3 is 1. The minimum absolute atomic E-state index is 0.783. The van der Waals surface area contributed by atoms with Gasteiger partial charge in [-0.3, -0.25) is 0 Å². The van der Waals surface area contributed by atoms with Gasteiger partial charge in [0.05, 0.1) is 0 Å². The van der Waals surface area contributed by atoms with E-state index >= 15 is 0 Å². The maximum absolute atomic E-state index is 5.04. The smallest absolute Gasteiger partial charge is 0.0491 e. The summed E-state index contributed by atoms with van der Waals surface area (Å²) in [6, 6.07) is 0.783. The van der Waals surface area contributed by atoms with Crippen LogP contribution in [0.25, 0.3) is 0 Å². The van der Waals surface area contributed by atoms with Gasteiger partial charge >= 0.3 is 0 Å². The highest BCUT2D eigenvalue weighted by atomic mass is 16.5. The van der Waals surface area contributed by atoms with Gasteiger partial charge in [-0.05, 0) is 25.3 Å². The molecule has 0 aromatic heterocycles. The summed E-state index contributed by atoms with van der Waals surface area (Å²) in [7, 11) is 1.78. The van der Waals surface area contributed by atoms with Crippen molar-refractivity contribution < 1.29 is 4.74 Å². The molecular formula is C8H17NO. The third-order valence-electron chi connectivity index (χ3n) is 2.13. The van der Waals surface area contributed by atoms with E-state index in [-0.39, 0.29) is 0 Å². The minimum atomic E-state index is 0.783. The molecule has 1 rings (SSSR count). The largest absolute Gasteiger partial charge is 0.384 e. The van der Waals surface area contributed by atoms with Gasteiger partial charge in [0, 0.05) is 19.8 Å². The van der Waals surface area contributed by atoms with E-state index in [1.54, 1.807) is 7.11 Å². The van der Waals surface area contributed by atoms with E-state index in [1.807, 2.05) is 0 Å². The fourth-order valence-electron chi connectivity index (χ4n) is 1.56. The molecule has 10 heavy (non-hydrogen) atoms. The van der Waals surface area contributed by atoms with Crippen molar-refractivity contribution in [1.82, 2.24) is 5.32 Å². The van der Waals surface area contributed by atoms with Crippen LogP contribution in [0.5, 0.6) is 0 Å². The van der Waals surface area contributed by atoms with Gasteiger partial charge in [-0.2, -0.15) is 0 Å². The Hall–Kier alpha value is -0.0800. The van der Waals surface area contributed by atoms with Gasteiger partial charge in [-0.15, -0.1) is 0 Å². The highest BCUT2D eigenvalue weighted by molar-refractivity contribution is 4.84. The molecule has 1 aliphatic carbocycles. The van der Waals surface area contributed by atoms with Crippen LogP contribution in [-0.2, 0) is 4.74 Å². The first-order chi connectivity index (χ1) is 4.86. The average molecular weight is 143 g/mol. The third kappa shape index (κ3) is 1.96. The molecule has 0 spiro atoms. The van der Waals surface area contributed by atoms with Crippen molar-refractivity contribution in [2.75, 3.05) is 20.3 Å². The van der Waals surface area contributed by atoms with Crippen LogP contribution in [0.1, 0.15) is 19.8 Å². The van der Waals surface area contributed by atoms with Crippen LogP contribution >= 0.6 is 0 Å². The fraction of sp³-hybridized carbons (Fsp3) is 1.00. The molecule has 1 N–H and O–H groups in total. The van der Waals surface area contributed by atoms with Crippen molar-refractivity contribution in [2.24, 2.45) is 5.92 Å². The Labute approximate surface area is 63.0 Å². The number of nitrogens with one attached hydrogen (secondary N) is 1. The first kappa shape index (κ1) is 8.02. The van der Waals surface area contributed by atoms with Crippen LogP contribution in [0.2, 0.25) is 0 Å². The lowest BCUT2D eigenvalue weighted by atomic mass is 9.81. The molecule has 2 nitrogen and oxygen atoms in total. The monoisotopic (exact) mass is 143 g/mol. The molecule has 0 unspecified atom stereocenters. The topological polar surface area (TPSA) is 21.3 Å². The van der Waals surface area contributed by atoms with Gasteiger partial charge in [0.15, 0.2) is 0 Å². The zero-order chi connectivity index (χ0) is 7.40. The Kier molecular flexibility index (Phi) is 3.16. The molecule has 0 bridgehead atoms. The number of hydrogen-bond donors (Lipinski definition) is 1. The second-order valence-electron chi connectivity index (χ2n) is 3.05. The van der Waals surface area contributed by atoms with Crippen molar-refractivity contribution in [3.8, 4) is 0 Å². The number of hydrogen-bond acceptors (Lipinski definition) is 2. The van der Waals surface area contributed by atoms with Crippen molar-refractivity contribution >= 4 is 0 Å². The second kappa shape index (κ2) is 3.94. The molecule has 2 heteroatoms. The van der Waals surface area contributed by atoms with Gasteiger partial charge in [-0.25, -0.2) is 0 Å². The molecule has 0 aromatic carbocycles. The van der Waals surface area contributed by atoms with Crippen LogP contribution in [0.15, 0.2) is 0 Å². The van der Waals surface area contributed by atoms with Gasteiger partial charge < -0.3 is 10.1 Å². The quantitative estimate of drug-likeness (QED) is 0.634. The summed E-state index contributed by atoms with van der Waals surface area (Å²) in [5, 5.41) is 3.41. The second-order valence-corrected chi connectivity index (χ2v) is 3.05. The third-order valence-corrected chi connectivity index (χ3v) is 2.13. The first-order valence-corrected chi connectivity index (χ1v) is 4.09. The van der Waals surface area contributed by atoms with Crippen LogP contribution in [0.3, 0.4) is 0 Å². The molecule has 0 aromatic rings. The van der Waals surface area contributed by atoms with Crippen LogP contribution in [0.4, 0.5) is 0 Å². The highest BCUT2D eigenvalue weighted by Crippen LogP contribution is 2.26. The lowest BCUT2D eigenvalue weighted by Gasteiger charge is -2.35. The molecule has 0 saturated heterocycles. The van der Waals surface area contributed by atoms with Crippen LogP contribution in [0, 0.1) is 5.92 Å². The Morgan fingerprint density at radius 3 is 2.70 bits per heavy atom.